The van der Waals surface area contributed by atoms with Crippen LogP contribution in [-0.2, 0) is 10.2 Å². The van der Waals surface area contributed by atoms with Gasteiger partial charge in [-0.15, -0.1) is 0 Å². The number of nitrogens with one attached hydrogen (secondary N) is 2. The average molecular weight is 326 g/mol. The zero-order valence-electron chi connectivity index (χ0n) is 12.7. The predicted octanol–water partition coefficient (Wildman–Crippen LogP) is 1.30. The van der Waals surface area contributed by atoms with Crippen molar-refractivity contribution in [2.75, 3.05) is 32.9 Å². The molecule has 0 aromatic heterocycles. The fourth-order valence-electron chi connectivity index (χ4n) is 2.89. The molecular formula is C16H20F2N2O3. The van der Waals surface area contributed by atoms with E-state index in [4.69, 9.17) is 4.74 Å². The molecule has 0 spiro atoms. The molecule has 0 unspecified atom stereocenters. The van der Waals surface area contributed by atoms with Gasteiger partial charge in [-0.25, -0.2) is 13.6 Å². The minimum atomic E-state index is -0.652. The third-order valence-corrected chi connectivity index (χ3v) is 4.71. The van der Waals surface area contributed by atoms with Crippen molar-refractivity contribution in [2.24, 2.45) is 5.41 Å². The summed E-state index contributed by atoms with van der Waals surface area (Å²) in [6, 6.07) is 3.40. The first-order valence-electron chi connectivity index (χ1n) is 7.65. The molecule has 0 bridgehead atoms. The summed E-state index contributed by atoms with van der Waals surface area (Å²) in [7, 11) is 0. The zero-order valence-corrected chi connectivity index (χ0v) is 12.7. The Morgan fingerprint density at radius 3 is 2.26 bits per heavy atom. The number of hydrogen-bond donors (Lipinski definition) is 3. The number of aliphatic hydroxyl groups is 1. The summed E-state index contributed by atoms with van der Waals surface area (Å²) in [5.74, 6) is -1.15. The van der Waals surface area contributed by atoms with E-state index in [-0.39, 0.29) is 18.7 Å². The Kier molecular flexibility index (Phi) is 4.25. The number of carbonyl (C=O) groups is 1. The normalized spacial score (nSPS) is 20.5. The highest BCUT2D eigenvalue weighted by Crippen LogP contribution is 2.49. The molecule has 1 heterocycles. The Labute approximate surface area is 133 Å². The van der Waals surface area contributed by atoms with Crippen molar-refractivity contribution < 1.29 is 23.4 Å². The second-order valence-corrected chi connectivity index (χ2v) is 6.56. The number of amides is 2. The molecule has 7 heteroatoms. The SMILES string of the molecule is O=C(NCC1(CO)COC1)NCC1(c2c(F)cccc2F)CC1. The topological polar surface area (TPSA) is 70.6 Å². The molecule has 0 atom stereocenters. The predicted molar refractivity (Wildman–Crippen MR) is 79.0 cm³/mol. The molecule has 1 aliphatic heterocycles. The fourth-order valence-corrected chi connectivity index (χ4v) is 2.89. The van der Waals surface area contributed by atoms with Gasteiger partial charge in [0.15, 0.2) is 0 Å². The number of rotatable bonds is 6. The minimum absolute atomic E-state index is 0.0551. The standard InChI is InChI=1S/C16H20F2N2O3/c17-11-2-1-3-12(18)13(11)16(4-5-16)7-20-14(22)19-6-15(8-21)9-23-10-15/h1-3,21H,4-10H2,(H2,19,20,22). The van der Waals surface area contributed by atoms with Crippen molar-refractivity contribution in [1.82, 2.24) is 10.6 Å². The summed E-state index contributed by atoms with van der Waals surface area (Å²) >= 11 is 0. The van der Waals surface area contributed by atoms with E-state index in [0.29, 0.717) is 32.6 Å². The van der Waals surface area contributed by atoms with Crippen LogP contribution in [0.25, 0.3) is 0 Å². The Morgan fingerprint density at radius 2 is 1.78 bits per heavy atom. The molecular weight excluding hydrogens is 306 g/mol. The van der Waals surface area contributed by atoms with Gasteiger partial charge in [0.1, 0.15) is 11.6 Å². The van der Waals surface area contributed by atoms with E-state index in [0.717, 1.165) is 0 Å². The first-order chi connectivity index (χ1) is 11.0. The van der Waals surface area contributed by atoms with Crippen LogP contribution in [0.5, 0.6) is 0 Å². The lowest BCUT2D eigenvalue weighted by Crippen LogP contribution is -2.54. The van der Waals surface area contributed by atoms with Gasteiger partial charge in [0.05, 0.1) is 25.2 Å². The molecule has 126 valence electrons. The van der Waals surface area contributed by atoms with E-state index < -0.39 is 28.5 Å². The van der Waals surface area contributed by atoms with E-state index in [1.54, 1.807) is 0 Å². The van der Waals surface area contributed by atoms with Gasteiger partial charge >= 0.3 is 6.03 Å². The molecule has 3 rings (SSSR count). The number of benzene rings is 1. The Bertz CT molecular complexity index is 575. The van der Waals surface area contributed by atoms with Gasteiger partial charge in [0.25, 0.3) is 0 Å². The van der Waals surface area contributed by atoms with Gasteiger partial charge in [0, 0.05) is 24.1 Å². The molecule has 2 aliphatic rings. The molecule has 1 aromatic carbocycles. The smallest absolute Gasteiger partial charge is 0.314 e. The lowest BCUT2D eigenvalue weighted by atomic mass is 9.87. The highest BCUT2D eigenvalue weighted by atomic mass is 19.1. The first-order valence-corrected chi connectivity index (χ1v) is 7.65. The summed E-state index contributed by atoms with van der Waals surface area (Å²) in [6.45, 7) is 1.25. The van der Waals surface area contributed by atoms with E-state index in [2.05, 4.69) is 10.6 Å². The van der Waals surface area contributed by atoms with Crippen LogP contribution in [0.1, 0.15) is 18.4 Å². The lowest BCUT2D eigenvalue weighted by molar-refractivity contribution is -0.132. The van der Waals surface area contributed by atoms with Gasteiger partial charge in [-0.2, -0.15) is 0 Å². The van der Waals surface area contributed by atoms with Crippen molar-refractivity contribution in [2.45, 2.75) is 18.3 Å². The van der Waals surface area contributed by atoms with E-state index in [9.17, 15) is 18.7 Å². The van der Waals surface area contributed by atoms with Crippen LogP contribution in [0.4, 0.5) is 13.6 Å². The molecule has 0 radical (unpaired) electrons. The van der Waals surface area contributed by atoms with Gasteiger partial charge in [-0.1, -0.05) is 6.07 Å². The van der Waals surface area contributed by atoms with E-state index in [1.807, 2.05) is 0 Å². The van der Waals surface area contributed by atoms with E-state index >= 15 is 0 Å². The Hall–Kier alpha value is -1.73. The second kappa shape index (κ2) is 6.05. The molecule has 1 aliphatic carbocycles. The van der Waals surface area contributed by atoms with Gasteiger partial charge in [-0.3, -0.25) is 0 Å². The third-order valence-electron chi connectivity index (χ3n) is 4.71. The Balaban J connectivity index is 1.55. The quantitative estimate of drug-likeness (QED) is 0.738. The van der Waals surface area contributed by atoms with Crippen LogP contribution >= 0.6 is 0 Å². The number of carbonyl (C=O) groups excluding carboxylic acids is 1. The van der Waals surface area contributed by atoms with Crippen molar-refractivity contribution in [3.05, 3.63) is 35.4 Å². The highest BCUT2D eigenvalue weighted by molar-refractivity contribution is 5.74. The van der Waals surface area contributed by atoms with Gasteiger partial charge < -0.3 is 20.5 Å². The largest absolute Gasteiger partial charge is 0.396 e. The number of ether oxygens (including phenoxy) is 1. The molecule has 1 aromatic rings. The zero-order chi connectivity index (χ0) is 16.5. The van der Waals surface area contributed by atoms with Gasteiger partial charge in [-0.05, 0) is 25.0 Å². The monoisotopic (exact) mass is 326 g/mol. The van der Waals surface area contributed by atoms with Crippen LogP contribution in [0.3, 0.4) is 0 Å². The average Bonchev–Trinajstić information content (AvgIpc) is 3.25. The van der Waals surface area contributed by atoms with Crippen LogP contribution in [0.15, 0.2) is 18.2 Å². The van der Waals surface area contributed by atoms with Crippen LogP contribution in [0, 0.1) is 17.0 Å². The first kappa shape index (κ1) is 16.1. The summed E-state index contributed by atoms with van der Waals surface area (Å²) < 4.78 is 32.9. The third kappa shape index (κ3) is 3.16. The Morgan fingerprint density at radius 1 is 1.17 bits per heavy atom. The van der Waals surface area contributed by atoms with Gasteiger partial charge in [0.2, 0.25) is 0 Å². The number of aliphatic hydroxyl groups excluding tert-OH is 1. The van der Waals surface area contributed by atoms with Crippen molar-refractivity contribution >= 4 is 6.03 Å². The minimum Gasteiger partial charge on any atom is -0.396 e. The van der Waals surface area contributed by atoms with Crippen LogP contribution in [0.2, 0.25) is 0 Å². The van der Waals surface area contributed by atoms with Crippen LogP contribution in [-0.4, -0.2) is 44.0 Å². The molecule has 23 heavy (non-hydrogen) atoms. The summed E-state index contributed by atoms with van der Waals surface area (Å²) in [4.78, 5) is 11.9. The summed E-state index contributed by atoms with van der Waals surface area (Å²) in [6.07, 6.45) is 1.28. The van der Waals surface area contributed by atoms with E-state index in [1.165, 1.54) is 18.2 Å². The van der Waals surface area contributed by atoms with Crippen molar-refractivity contribution in [3.8, 4) is 0 Å². The summed E-state index contributed by atoms with van der Waals surface area (Å²) in [5.41, 5.74) is -1.01. The van der Waals surface area contributed by atoms with Crippen LogP contribution < -0.4 is 10.6 Å². The lowest BCUT2D eigenvalue weighted by Gasteiger charge is -2.39. The molecule has 5 nitrogen and oxygen atoms in total. The number of halogens is 2. The van der Waals surface area contributed by atoms with Crippen molar-refractivity contribution in [1.29, 1.82) is 0 Å². The number of urea groups is 1. The molecule has 1 saturated carbocycles. The maximum absolute atomic E-state index is 13.9. The second-order valence-electron chi connectivity index (χ2n) is 6.56. The molecule has 2 fully saturated rings. The highest BCUT2D eigenvalue weighted by Gasteiger charge is 2.48. The molecule has 1 saturated heterocycles. The number of hydrogen-bond acceptors (Lipinski definition) is 3. The maximum atomic E-state index is 13.9. The van der Waals surface area contributed by atoms with Crippen molar-refractivity contribution in [3.63, 3.8) is 0 Å². The molecule has 2 amide bonds. The molecule has 3 N–H and O–H groups in total. The summed E-state index contributed by atoms with van der Waals surface area (Å²) in [5, 5.41) is 14.7. The maximum Gasteiger partial charge on any atom is 0.314 e. The fraction of sp³-hybridized carbons (Fsp3) is 0.562.